The molecule has 0 radical (unpaired) electrons. The van der Waals surface area contributed by atoms with Crippen molar-refractivity contribution in [2.45, 2.75) is 19.8 Å². The lowest BCUT2D eigenvalue weighted by atomic mass is 10.1. The SMILES string of the molecule is CC(=O)C1(CS(C)(=O)=O)CC1. The Hall–Kier alpha value is -0.380. The van der Waals surface area contributed by atoms with E-state index in [1.165, 1.54) is 13.2 Å². The Kier molecular flexibility index (Phi) is 1.82. The van der Waals surface area contributed by atoms with Gasteiger partial charge < -0.3 is 0 Å². The zero-order valence-corrected chi connectivity index (χ0v) is 7.57. The second kappa shape index (κ2) is 2.30. The van der Waals surface area contributed by atoms with Crippen molar-refractivity contribution in [3.8, 4) is 0 Å². The number of sulfone groups is 1. The van der Waals surface area contributed by atoms with Crippen LogP contribution >= 0.6 is 0 Å². The van der Waals surface area contributed by atoms with Crippen molar-refractivity contribution in [1.82, 2.24) is 0 Å². The van der Waals surface area contributed by atoms with Gasteiger partial charge in [-0.15, -0.1) is 0 Å². The van der Waals surface area contributed by atoms with E-state index in [0.717, 1.165) is 12.8 Å². The molecule has 0 bridgehead atoms. The van der Waals surface area contributed by atoms with Gasteiger partial charge in [0.1, 0.15) is 15.6 Å². The fourth-order valence-electron chi connectivity index (χ4n) is 1.25. The van der Waals surface area contributed by atoms with Gasteiger partial charge in [0.2, 0.25) is 0 Å². The molecule has 3 nitrogen and oxygen atoms in total. The van der Waals surface area contributed by atoms with Gasteiger partial charge in [-0.3, -0.25) is 4.79 Å². The topological polar surface area (TPSA) is 51.2 Å². The van der Waals surface area contributed by atoms with Gasteiger partial charge in [-0.05, 0) is 19.8 Å². The Labute approximate surface area is 66.7 Å². The molecular weight excluding hydrogens is 164 g/mol. The summed E-state index contributed by atoms with van der Waals surface area (Å²) in [7, 11) is -2.99. The quantitative estimate of drug-likeness (QED) is 0.625. The Bertz CT molecular complexity index is 272. The predicted octanol–water partition coefficient (Wildman–Crippen LogP) is 0.400. The minimum Gasteiger partial charge on any atom is -0.299 e. The van der Waals surface area contributed by atoms with E-state index in [1.807, 2.05) is 0 Å². The van der Waals surface area contributed by atoms with E-state index < -0.39 is 15.3 Å². The van der Waals surface area contributed by atoms with Gasteiger partial charge in [-0.1, -0.05) is 0 Å². The fourth-order valence-corrected chi connectivity index (χ4v) is 2.75. The van der Waals surface area contributed by atoms with Crippen LogP contribution in [0.2, 0.25) is 0 Å². The summed E-state index contributed by atoms with van der Waals surface area (Å²) in [6, 6.07) is 0. The number of carbonyl (C=O) groups excluding carboxylic acids is 1. The molecule has 0 atom stereocenters. The van der Waals surface area contributed by atoms with Gasteiger partial charge in [0.05, 0.1) is 5.75 Å². The Morgan fingerprint density at radius 3 is 2.00 bits per heavy atom. The van der Waals surface area contributed by atoms with E-state index in [-0.39, 0.29) is 11.5 Å². The Balaban J connectivity index is 2.70. The van der Waals surface area contributed by atoms with Crippen molar-refractivity contribution in [2.24, 2.45) is 5.41 Å². The second-order valence-corrected chi connectivity index (χ2v) is 5.55. The Morgan fingerprint density at radius 1 is 1.45 bits per heavy atom. The highest BCUT2D eigenvalue weighted by Crippen LogP contribution is 2.47. The maximum absolute atomic E-state index is 10.9. The second-order valence-electron chi connectivity index (χ2n) is 3.41. The maximum atomic E-state index is 10.9. The van der Waals surface area contributed by atoms with Gasteiger partial charge in [0.25, 0.3) is 0 Å². The molecule has 64 valence electrons. The average molecular weight is 176 g/mol. The third-order valence-electron chi connectivity index (χ3n) is 2.14. The first-order valence-electron chi connectivity index (χ1n) is 3.55. The van der Waals surface area contributed by atoms with Crippen LogP contribution in [-0.4, -0.2) is 26.2 Å². The standard InChI is InChI=1S/C7H12O3S/c1-6(8)7(3-4-7)5-11(2,9)10/h3-5H2,1-2H3. The lowest BCUT2D eigenvalue weighted by molar-refractivity contribution is -0.121. The van der Waals surface area contributed by atoms with Crippen molar-refractivity contribution >= 4 is 15.6 Å². The lowest BCUT2D eigenvalue weighted by Crippen LogP contribution is -2.22. The molecule has 0 aromatic carbocycles. The van der Waals surface area contributed by atoms with Crippen LogP contribution in [0.4, 0.5) is 0 Å². The number of ketones is 1. The van der Waals surface area contributed by atoms with Crippen LogP contribution in [0, 0.1) is 5.41 Å². The summed E-state index contributed by atoms with van der Waals surface area (Å²) in [6.45, 7) is 1.47. The number of hydrogen-bond donors (Lipinski definition) is 0. The molecule has 11 heavy (non-hydrogen) atoms. The molecule has 1 rings (SSSR count). The highest BCUT2D eigenvalue weighted by molar-refractivity contribution is 7.90. The van der Waals surface area contributed by atoms with E-state index in [0.29, 0.717) is 0 Å². The van der Waals surface area contributed by atoms with Crippen LogP contribution in [0.25, 0.3) is 0 Å². The van der Waals surface area contributed by atoms with Gasteiger partial charge in [0, 0.05) is 11.7 Å². The molecule has 1 aliphatic rings. The summed E-state index contributed by atoms with van der Waals surface area (Å²) in [5.74, 6) is 0.0536. The molecule has 0 N–H and O–H groups in total. The Morgan fingerprint density at radius 2 is 1.91 bits per heavy atom. The zero-order valence-electron chi connectivity index (χ0n) is 6.75. The molecule has 0 heterocycles. The first-order valence-corrected chi connectivity index (χ1v) is 5.61. The van der Waals surface area contributed by atoms with E-state index in [2.05, 4.69) is 0 Å². The minimum absolute atomic E-state index is 0.0166. The molecule has 0 aliphatic heterocycles. The van der Waals surface area contributed by atoms with Crippen LogP contribution < -0.4 is 0 Å². The molecule has 0 spiro atoms. The summed E-state index contributed by atoms with van der Waals surface area (Å²) in [4.78, 5) is 10.9. The third-order valence-corrected chi connectivity index (χ3v) is 3.22. The van der Waals surface area contributed by atoms with Crippen molar-refractivity contribution in [1.29, 1.82) is 0 Å². The highest BCUT2D eigenvalue weighted by atomic mass is 32.2. The molecule has 1 aliphatic carbocycles. The van der Waals surface area contributed by atoms with E-state index in [9.17, 15) is 13.2 Å². The molecule has 4 heteroatoms. The van der Waals surface area contributed by atoms with Crippen molar-refractivity contribution in [2.75, 3.05) is 12.0 Å². The van der Waals surface area contributed by atoms with Gasteiger partial charge in [0.15, 0.2) is 0 Å². The molecule has 0 aromatic rings. The normalized spacial score (nSPS) is 21.3. The first kappa shape index (κ1) is 8.71. The minimum atomic E-state index is -2.99. The van der Waals surface area contributed by atoms with Crippen LogP contribution in [0.1, 0.15) is 19.8 Å². The maximum Gasteiger partial charge on any atom is 0.148 e. The fraction of sp³-hybridized carbons (Fsp3) is 0.857. The molecule has 1 fully saturated rings. The van der Waals surface area contributed by atoms with E-state index in [4.69, 9.17) is 0 Å². The van der Waals surface area contributed by atoms with Gasteiger partial charge >= 0.3 is 0 Å². The smallest absolute Gasteiger partial charge is 0.148 e. The molecule has 0 saturated heterocycles. The number of hydrogen-bond acceptors (Lipinski definition) is 3. The van der Waals surface area contributed by atoms with E-state index >= 15 is 0 Å². The van der Waals surface area contributed by atoms with Crippen molar-refractivity contribution in [3.63, 3.8) is 0 Å². The van der Waals surface area contributed by atoms with Crippen LogP contribution in [-0.2, 0) is 14.6 Å². The largest absolute Gasteiger partial charge is 0.299 e. The van der Waals surface area contributed by atoms with Crippen LogP contribution in [0.15, 0.2) is 0 Å². The van der Waals surface area contributed by atoms with Crippen molar-refractivity contribution < 1.29 is 13.2 Å². The van der Waals surface area contributed by atoms with Crippen LogP contribution in [0.3, 0.4) is 0 Å². The summed E-state index contributed by atoms with van der Waals surface area (Å²) in [6.07, 6.45) is 2.67. The summed E-state index contributed by atoms with van der Waals surface area (Å²) in [5, 5.41) is 0. The summed E-state index contributed by atoms with van der Waals surface area (Å²) in [5.41, 5.74) is -0.492. The van der Waals surface area contributed by atoms with Gasteiger partial charge in [-0.25, -0.2) is 8.42 Å². The number of Topliss-reactive ketones (excluding diaryl/α,β-unsaturated/α-hetero) is 1. The third kappa shape index (κ3) is 2.02. The highest BCUT2D eigenvalue weighted by Gasteiger charge is 2.49. The van der Waals surface area contributed by atoms with Gasteiger partial charge in [-0.2, -0.15) is 0 Å². The molecular formula is C7H12O3S. The zero-order chi connectivity index (χ0) is 8.70. The molecule has 0 unspecified atom stereocenters. The lowest BCUT2D eigenvalue weighted by Gasteiger charge is -2.07. The van der Waals surface area contributed by atoms with Crippen molar-refractivity contribution in [3.05, 3.63) is 0 Å². The molecule has 0 amide bonds. The monoisotopic (exact) mass is 176 g/mol. The summed E-state index contributed by atoms with van der Waals surface area (Å²) >= 11 is 0. The number of rotatable bonds is 3. The molecule has 1 saturated carbocycles. The van der Waals surface area contributed by atoms with E-state index in [1.54, 1.807) is 0 Å². The number of carbonyl (C=O) groups is 1. The average Bonchev–Trinajstić information content (AvgIpc) is 2.43. The van der Waals surface area contributed by atoms with Crippen LogP contribution in [0.5, 0.6) is 0 Å². The molecule has 0 aromatic heterocycles. The summed E-state index contributed by atoms with van der Waals surface area (Å²) < 4.78 is 21.7. The first-order chi connectivity index (χ1) is 4.86. The predicted molar refractivity (Wildman–Crippen MR) is 42.1 cm³/mol.